The summed E-state index contributed by atoms with van der Waals surface area (Å²) in [6, 6.07) is 12.2. The quantitative estimate of drug-likeness (QED) is 0.279. The molecular weight excluding hydrogens is 460 g/mol. The van der Waals surface area contributed by atoms with Crippen LogP contribution in [-0.4, -0.2) is 32.5 Å². The molecule has 0 N–H and O–H groups in total. The molecule has 1 aliphatic rings. The van der Waals surface area contributed by atoms with Gasteiger partial charge in [0, 0.05) is 17.7 Å². The van der Waals surface area contributed by atoms with Gasteiger partial charge < -0.3 is 9.47 Å². The number of rotatable bonds is 9. The Bertz CT molecular complexity index is 1130. The van der Waals surface area contributed by atoms with Gasteiger partial charge in [0.25, 0.3) is 0 Å². The molecule has 4 aromatic rings. The number of aromatic nitrogens is 4. The second-order valence-electron chi connectivity index (χ2n) is 7.65. The van der Waals surface area contributed by atoms with Crippen molar-refractivity contribution in [2.24, 2.45) is 0 Å². The van der Waals surface area contributed by atoms with Gasteiger partial charge in [0.15, 0.2) is 11.0 Å². The standard InChI is InChI=1S/C23H24N4O2S3/c1-16-6-8-18(9-7-16)29-13-21-24-17(14-31-21)15-32-23-26-25-22(20-5-3-11-30-20)27(23)12-19-4-2-10-28-19/h3,5-9,11,14,19H,2,4,10,12-13,15H2,1H3. The van der Waals surface area contributed by atoms with Gasteiger partial charge in [0.2, 0.25) is 0 Å². The predicted octanol–water partition coefficient (Wildman–Crippen LogP) is 5.82. The number of thiazole rings is 1. The Balaban J connectivity index is 1.24. The van der Waals surface area contributed by atoms with Gasteiger partial charge in [-0.25, -0.2) is 4.98 Å². The Morgan fingerprint density at radius 3 is 2.88 bits per heavy atom. The summed E-state index contributed by atoms with van der Waals surface area (Å²) in [4.78, 5) is 5.87. The number of ether oxygens (including phenoxy) is 2. The van der Waals surface area contributed by atoms with Crippen molar-refractivity contribution in [1.82, 2.24) is 19.7 Å². The first kappa shape index (κ1) is 21.6. The fraction of sp³-hybridized carbons (Fsp3) is 0.348. The Labute approximate surface area is 199 Å². The minimum absolute atomic E-state index is 0.230. The van der Waals surface area contributed by atoms with Crippen LogP contribution >= 0.6 is 34.4 Å². The number of benzene rings is 1. The maximum atomic E-state index is 5.88. The smallest absolute Gasteiger partial charge is 0.191 e. The average molecular weight is 485 g/mol. The lowest BCUT2D eigenvalue weighted by atomic mass is 10.2. The van der Waals surface area contributed by atoms with E-state index in [1.54, 1.807) is 34.4 Å². The molecule has 5 rings (SSSR count). The maximum absolute atomic E-state index is 5.88. The molecule has 9 heteroatoms. The molecule has 4 heterocycles. The molecule has 0 saturated carbocycles. The second-order valence-corrected chi connectivity index (χ2v) is 10.5. The van der Waals surface area contributed by atoms with Crippen LogP contribution in [0.15, 0.2) is 52.3 Å². The zero-order valence-electron chi connectivity index (χ0n) is 17.8. The molecule has 1 aliphatic heterocycles. The molecule has 0 spiro atoms. The molecule has 1 aromatic carbocycles. The molecule has 32 heavy (non-hydrogen) atoms. The molecule has 0 amide bonds. The summed E-state index contributed by atoms with van der Waals surface area (Å²) in [6.07, 6.45) is 2.44. The highest BCUT2D eigenvalue weighted by atomic mass is 32.2. The van der Waals surface area contributed by atoms with Crippen molar-refractivity contribution in [3.05, 3.63) is 63.4 Å². The van der Waals surface area contributed by atoms with E-state index in [1.807, 2.05) is 18.2 Å². The van der Waals surface area contributed by atoms with Crippen molar-refractivity contribution in [3.8, 4) is 16.5 Å². The molecule has 3 aromatic heterocycles. The van der Waals surface area contributed by atoms with Crippen LogP contribution in [0.4, 0.5) is 0 Å². The summed E-state index contributed by atoms with van der Waals surface area (Å²) >= 11 is 4.99. The van der Waals surface area contributed by atoms with Gasteiger partial charge in [-0.05, 0) is 43.3 Å². The third kappa shape index (κ3) is 5.23. The summed E-state index contributed by atoms with van der Waals surface area (Å²) in [7, 11) is 0. The minimum atomic E-state index is 0.230. The van der Waals surface area contributed by atoms with Crippen LogP contribution in [0.2, 0.25) is 0 Å². The maximum Gasteiger partial charge on any atom is 0.191 e. The molecule has 1 atom stereocenters. The second kappa shape index (κ2) is 10.2. The Morgan fingerprint density at radius 2 is 2.09 bits per heavy atom. The van der Waals surface area contributed by atoms with Gasteiger partial charge >= 0.3 is 0 Å². The third-order valence-electron chi connectivity index (χ3n) is 5.20. The molecule has 0 aliphatic carbocycles. The lowest BCUT2D eigenvalue weighted by Gasteiger charge is -2.14. The molecule has 1 unspecified atom stereocenters. The molecule has 1 fully saturated rings. The Kier molecular flexibility index (Phi) is 6.87. The topological polar surface area (TPSA) is 62.1 Å². The fourth-order valence-electron chi connectivity index (χ4n) is 3.54. The first-order valence-electron chi connectivity index (χ1n) is 10.6. The van der Waals surface area contributed by atoms with Crippen molar-refractivity contribution in [3.63, 3.8) is 0 Å². The van der Waals surface area contributed by atoms with Crippen molar-refractivity contribution in [1.29, 1.82) is 0 Å². The Hall–Kier alpha value is -2.20. The van der Waals surface area contributed by atoms with E-state index in [4.69, 9.17) is 14.5 Å². The number of nitrogens with zero attached hydrogens (tertiary/aromatic N) is 4. The normalized spacial score (nSPS) is 16.0. The predicted molar refractivity (Wildman–Crippen MR) is 129 cm³/mol. The molecule has 0 radical (unpaired) electrons. The molecular formula is C23H24N4O2S3. The first-order valence-corrected chi connectivity index (χ1v) is 13.3. The van der Waals surface area contributed by atoms with E-state index in [0.29, 0.717) is 6.61 Å². The van der Waals surface area contributed by atoms with Crippen molar-refractivity contribution >= 4 is 34.4 Å². The molecule has 1 saturated heterocycles. The number of aryl methyl sites for hydroxylation is 1. The van der Waals surface area contributed by atoms with Crippen molar-refractivity contribution < 1.29 is 9.47 Å². The zero-order valence-corrected chi connectivity index (χ0v) is 20.2. The van der Waals surface area contributed by atoms with Gasteiger partial charge in [0.05, 0.1) is 23.2 Å². The highest BCUT2D eigenvalue weighted by molar-refractivity contribution is 7.98. The van der Waals surface area contributed by atoms with Crippen LogP contribution in [0.25, 0.3) is 10.7 Å². The monoisotopic (exact) mass is 484 g/mol. The number of hydrogen-bond donors (Lipinski definition) is 0. The SMILES string of the molecule is Cc1ccc(OCc2nc(CSc3nnc(-c4cccs4)n3CC3CCCO3)cs2)cc1. The zero-order chi connectivity index (χ0) is 21.8. The highest BCUT2D eigenvalue weighted by Gasteiger charge is 2.22. The van der Waals surface area contributed by atoms with Crippen molar-refractivity contribution in [2.75, 3.05) is 6.61 Å². The van der Waals surface area contributed by atoms with Gasteiger partial charge in [-0.2, -0.15) is 0 Å². The summed E-state index contributed by atoms with van der Waals surface area (Å²) < 4.78 is 14.0. The lowest BCUT2D eigenvalue weighted by molar-refractivity contribution is 0.0953. The number of hydrogen-bond acceptors (Lipinski definition) is 8. The number of thioether (sulfide) groups is 1. The van der Waals surface area contributed by atoms with Crippen molar-refractivity contribution in [2.45, 2.75) is 49.9 Å². The summed E-state index contributed by atoms with van der Waals surface area (Å²) in [6.45, 7) is 4.18. The van der Waals surface area contributed by atoms with E-state index in [1.165, 1.54) is 5.56 Å². The van der Waals surface area contributed by atoms with Crippen LogP contribution in [0, 0.1) is 6.92 Å². The van der Waals surface area contributed by atoms with E-state index in [2.05, 4.69) is 50.6 Å². The van der Waals surface area contributed by atoms with Crippen LogP contribution < -0.4 is 4.74 Å². The highest BCUT2D eigenvalue weighted by Crippen LogP contribution is 2.30. The minimum Gasteiger partial charge on any atom is -0.486 e. The summed E-state index contributed by atoms with van der Waals surface area (Å²) in [5.41, 5.74) is 2.26. The van der Waals surface area contributed by atoms with E-state index in [0.717, 1.165) is 64.1 Å². The summed E-state index contributed by atoms with van der Waals surface area (Å²) in [5, 5.41) is 15.0. The first-order chi connectivity index (χ1) is 15.7. The largest absolute Gasteiger partial charge is 0.486 e. The molecule has 0 bridgehead atoms. The molecule has 6 nitrogen and oxygen atoms in total. The van der Waals surface area contributed by atoms with E-state index < -0.39 is 0 Å². The van der Waals surface area contributed by atoms with E-state index in [9.17, 15) is 0 Å². The summed E-state index contributed by atoms with van der Waals surface area (Å²) in [5.74, 6) is 2.53. The van der Waals surface area contributed by atoms with Crippen LogP contribution in [0.1, 0.15) is 29.1 Å². The third-order valence-corrected chi connectivity index (χ3v) is 7.94. The Morgan fingerprint density at radius 1 is 1.19 bits per heavy atom. The van der Waals surface area contributed by atoms with Crippen LogP contribution in [0.5, 0.6) is 5.75 Å². The fourth-order valence-corrected chi connectivity index (χ4v) is 5.91. The van der Waals surface area contributed by atoms with Gasteiger partial charge in [-0.15, -0.1) is 32.9 Å². The van der Waals surface area contributed by atoms with E-state index >= 15 is 0 Å². The number of thiophene rings is 1. The molecule has 166 valence electrons. The van der Waals surface area contributed by atoms with Gasteiger partial charge in [-0.3, -0.25) is 4.57 Å². The van der Waals surface area contributed by atoms with E-state index in [-0.39, 0.29) is 6.10 Å². The van der Waals surface area contributed by atoms with Crippen LogP contribution in [0.3, 0.4) is 0 Å². The van der Waals surface area contributed by atoms with Gasteiger partial charge in [-0.1, -0.05) is 35.5 Å². The average Bonchev–Trinajstić information content (AvgIpc) is 3.60. The van der Waals surface area contributed by atoms with Gasteiger partial charge in [0.1, 0.15) is 17.4 Å². The lowest BCUT2D eigenvalue weighted by Crippen LogP contribution is -2.16. The van der Waals surface area contributed by atoms with Crippen LogP contribution in [-0.2, 0) is 23.6 Å².